The normalized spacial score (nSPS) is 10.0. The van der Waals surface area contributed by atoms with Crippen molar-refractivity contribution >= 4 is 29.3 Å². The second-order valence-electron chi connectivity index (χ2n) is 4.55. The van der Waals surface area contributed by atoms with Gasteiger partial charge in [-0.3, -0.25) is 4.79 Å². The van der Waals surface area contributed by atoms with Gasteiger partial charge in [-0.15, -0.1) is 11.8 Å². The first-order chi connectivity index (χ1) is 11.1. The summed E-state index contributed by atoms with van der Waals surface area (Å²) in [6.07, 6.45) is 1.99. The summed E-state index contributed by atoms with van der Waals surface area (Å²) >= 11 is 1.63. The summed E-state index contributed by atoms with van der Waals surface area (Å²) in [6.45, 7) is -0.145. The largest absolute Gasteiger partial charge is 0.484 e. The van der Waals surface area contributed by atoms with Crippen LogP contribution in [0.4, 0.5) is 5.69 Å². The highest BCUT2D eigenvalue weighted by molar-refractivity contribution is 7.98. The molecule has 2 rings (SSSR count). The molecule has 0 aliphatic rings. The molecule has 0 bridgehead atoms. The molecule has 0 fully saturated rings. The van der Waals surface area contributed by atoms with Crippen LogP contribution in [0.15, 0.2) is 53.4 Å². The van der Waals surface area contributed by atoms with Crippen LogP contribution < -0.4 is 10.1 Å². The smallest absolute Gasteiger partial charge is 0.339 e. The van der Waals surface area contributed by atoms with Crippen LogP contribution in [-0.4, -0.2) is 31.8 Å². The number of amides is 1. The Bertz CT molecular complexity index is 685. The molecule has 1 N–H and O–H groups in total. The maximum Gasteiger partial charge on any atom is 0.339 e. The minimum atomic E-state index is -0.505. The number of hydrogen-bond acceptors (Lipinski definition) is 5. The van der Waals surface area contributed by atoms with E-state index in [1.807, 2.05) is 30.5 Å². The third kappa shape index (κ3) is 4.75. The van der Waals surface area contributed by atoms with Crippen LogP contribution >= 0.6 is 11.8 Å². The monoisotopic (exact) mass is 331 g/mol. The number of hydrogen-bond donors (Lipinski definition) is 1. The SMILES string of the molecule is COC(=O)c1ccccc1NC(=O)COc1ccc(SC)cc1. The van der Waals surface area contributed by atoms with Gasteiger partial charge in [0.25, 0.3) is 5.91 Å². The Hall–Kier alpha value is -2.47. The third-order valence-corrected chi connectivity index (χ3v) is 3.78. The van der Waals surface area contributed by atoms with Gasteiger partial charge in [-0.25, -0.2) is 4.79 Å². The number of rotatable bonds is 6. The van der Waals surface area contributed by atoms with E-state index >= 15 is 0 Å². The first kappa shape index (κ1) is 16.9. The summed E-state index contributed by atoms with van der Waals surface area (Å²) in [7, 11) is 1.29. The second-order valence-corrected chi connectivity index (χ2v) is 5.43. The Morgan fingerprint density at radius 1 is 1.09 bits per heavy atom. The fraction of sp³-hybridized carbons (Fsp3) is 0.176. The average molecular weight is 331 g/mol. The molecule has 0 aromatic heterocycles. The second kappa shape index (κ2) is 8.24. The molecule has 0 atom stereocenters. The summed E-state index contributed by atoms with van der Waals surface area (Å²) in [5.74, 6) is -0.246. The maximum absolute atomic E-state index is 12.0. The summed E-state index contributed by atoms with van der Waals surface area (Å²) in [5, 5.41) is 2.65. The number of benzene rings is 2. The zero-order valence-electron chi connectivity index (χ0n) is 12.9. The molecule has 120 valence electrons. The third-order valence-electron chi connectivity index (χ3n) is 3.04. The van der Waals surface area contributed by atoms with E-state index in [1.165, 1.54) is 7.11 Å². The first-order valence-electron chi connectivity index (χ1n) is 6.88. The molecule has 0 saturated carbocycles. The lowest BCUT2D eigenvalue weighted by Gasteiger charge is -2.10. The number of esters is 1. The van der Waals surface area contributed by atoms with E-state index in [0.29, 0.717) is 17.0 Å². The number of anilines is 1. The van der Waals surface area contributed by atoms with Crippen LogP contribution in [0.2, 0.25) is 0 Å². The summed E-state index contributed by atoms with van der Waals surface area (Å²) in [6, 6.07) is 14.1. The predicted octanol–water partition coefficient (Wildman–Crippen LogP) is 3.21. The number of ether oxygens (including phenoxy) is 2. The van der Waals surface area contributed by atoms with Crippen molar-refractivity contribution in [3.63, 3.8) is 0 Å². The average Bonchev–Trinajstić information content (AvgIpc) is 2.60. The molecule has 0 saturated heterocycles. The fourth-order valence-electron chi connectivity index (χ4n) is 1.89. The molecule has 0 aliphatic heterocycles. The molecular weight excluding hydrogens is 314 g/mol. The molecule has 0 spiro atoms. The van der Waals surface area contributed by atoms with Gasteiger partial charge in [-0.1, -0.05) is 12.1 Å². The number of para-hydroxylation sites is 1. The van der Waals surface area contributed by atoms with Gasteiger partial charge in [0.05, 0.1) is 18.4 Å². The van der Waals surface area contributed by atoms with Gasteiger partial charge >= 0.3 is 5.97 Å². The predicted molar refractivity (Wildman–Crippen MR) is 90.1 cm³/mol. The number of carbonyl (C=O) groups excluding carboxylic acids is 2. The molecule has 2 aromatic carbocycles. The van der Waals surface area contributed by atoms with Gasteiger partial charge in [0, 0.05) is 4.90 Å². The van der Waals surface area contributed by atoms with Crippen molar-refractivity contribution in [1.29, 1.82) is 0 Å². The van der Waals surface area contributed by atoms with Crippen LogP contribution in [0.5, 0.6) is 5.75 Å². The van der Waals surface area contributed by atoms with Gasteiger partial charge in [-0.2, -0.15) is 0 Å². The molecule has 0 heterocycles. The van der Waals surface area contributed by atoms with Crippen molar-refractivity contribution in [3.05, 3.63) is 54.1 Å². The topological polar surface area (TPSA) is 64.6 Å². The lowest BCUT2D eigenvalue weighted by atomic mass is 10.2. The minimum Gasteiger partial charge on any atom is -0.484 e. The lowest BCUT2D eigenvalue weighted by Crippen LogP contribution is -2.21. The van der Waals surface area contributed by atoms with E-state index in [-0.39, 0.29) is 12.5 Å². The van der Waals surface area contributed by atoms with Gasteiger partial charge < -0.3 is 14.8 Å². The van der Waals surface area contributed by atoms with E-state index < -0.39 is 5.97 Å². The van der Waals surface area contributed by atoms with Crippen LogP contribution in [0, 0.1) is 0 Å². The van der Waals surface area contributed by atoms with Crippen molar-refractivity contribution in [3.8, 4) is 5.75 Å². The van der Waals surface area contributed by atoms with Crippen molar-refractivity contribution < 1.29 is 19.1 Å². The standard InChI is InChI=1S/C17H17NO4S/c1-21-17(20)14-5-3-4-6-15(14)18-16(19)11-22-12-7-9-13(23-2)10-8-12/h3-10H,11H2,1-2H3,(H,18,19). The Morgan fingerprint density at radius 3 is 2.43 bits per heavy atom. The van der Waals surface area contributed by atoms with Crippen LogP contribution in [0.25, 0.3) is 0 Å². The number of thioether (sulfide) groups is 1. The Kier molecular flexibility index (Phi) is 6.05. The van der Waals surface area contributed by atoms with Crippen molar-refractivity contribution in [1.82, 2.24) is 0 Å². The maximum atomic E-state index is 12.0. The van der Waals surface area contributed by atoms with Gasteiger partial charge in [0.1, 0.15) is 5.75 Å². The van der Waals surface area contributed by atoms with E-state index in [0.717, 1.165) is 4.90 Å². The van der Waals surface area contributed by atoms with Gasteiger partial charge in [0.15, 0.2) is 6.61 Å². The molecule has 23 heavy (non-hydrogen) atoms. The fourth-order valence-corrected chi connectivity index (χ4v) is 2.30. The Labute approximate surface area is 139 Å². The zero-order valence-corrected chi connectivity index (χ0v) is 13.7. The Balaban J connectivity index is 1.95. The van der Waals surface area contributed by atoms with Crippen molar-refractivity contribution in [2.45, 2.75) is 4.90 Å². The highest BCUT2D eigenvalue weighted by Crippen LogP contribution is 2.19. The lowest BCUT2D eigenvalue weighted by molar-refractivity contribution is -0.118. The molecule has 0 radical (unpaired) electrons. The number of carbonyl (C=O) groups is 2. The molecular formula is C17H17NO4S. The number of methoxy groups -OCH3 is 1. The zero-order chi connectivity index (χ0) is 16.7. The highest BCUT2D eigenvalue weighted by atomic mass is 32.2. The quantitative estimate of drug-likeness (QED) is 0.650. The molecule has 6 heteroatoms. The molecule has 1 amide bonds. The van der Waals surface area contributed by atoms with Crippen molar-refractivity contribution in [2.24, 2.45) is 0 Å². The van der Waals surface area contributed by atoms with Crippen LogP contribution in [-0.2, 0) is 9.53 Å². The highest BCUT2D eigenvalue weighted by Gasteiger charge is 2.13. The van der Waals surface area contributed by atoms with Crippen LogP contribution in [0.3, 0.4) is 0 Å². The van der Waals surface area contributed by atoms with Gasteiger partial charge in [-0.05, 0) is 42.7 Å². The summed E-state index contributed by atoms with van der Waals surface area (Å²) < 4.78 is 10.1. The molecule has 0 aliphatic carbocycles. The van der Waals surface area contributed by atoms with E-state index in [4.69, 9.17) is 4.74 Å². The van der Waals surface area contributed by atoms with Gasteiger partial charge in [0.2, 0.25) is 0 Å². The summed E-state index contributed by atoms with van der Waals surface area (Å²) in [5.41, 5.74) is 0.693. The summed E-state index contributed by atoms with van der Waals surface area (Å²) in [4.78, 5) is 24.7. The van der Waals surface area contributed by atoms with Crippen molar-refractivity contribution in [2.75, 3.05) is 25.3 Å². The Morgan fingerprint density at radius 2 is 1.78 bits per heavy atom. The van der Waals surface area contributed by atoms with Crippen LogP contribution in [0.1, 0.15) is 10.4 Å². The number of nitrogens with one attached hydrogen (secondary N) is 1. The van der Waals surface area contributed by atoms with E-state index in [2.05, 4.69) is 10.1 Å². The molecule has 5 nitrogen and oxygen atoms in total. The van der Waals surface area contributed by atoms with E-state index in [9.17, 15) is 9.59 Å². The molecule has 2 aromatic rings. The van der Waals surface area contributed by atoms with E-state index in [1.54, 1.807) is 36.0 Å². The first-order valence-corrected chi connectivity index (χ1v) is 8.10. The minimum absolute atomic E-state index is 0.145. The molecule has 0 unspecified atom stereocenters.